The number of para-hydroxylation sites is 1. The van der Waals surface area contributed by atoms with Crippen LogP contribution in [-0.4, -0.2) is 28.4 Å². The summed E-state index contributed by atoms with van der Waals surface area (Å²) in [4.78, 5) is 16.4. The first kappa shape index (κ1) is 15.6. The highest BCUT2D eigenvalue weighted by molar-refractivity contribution is 7.98. The third kappa shape index (κ3) is 3.91. The third-order valence-corrected chi connectivity index (χ3v) is 4.23. The van der Waals surface area contributed by atoms with Crippen LogP contribution in [0.2, 0.25) is 0 Å². The van der Waals surface area contributed by atoms with Crippen LogP contribution < -0.4 is 5.32 Å². The highest BCUT2D eigenvalue weighted by atomic mass is 32.2. The summed E-state index contributed by atoms with van der Waals surface area (Å²) >= 11 is 1.62. The first-order valence-corrected chi connectivity index (χ1v) is 8.35. The van der Waals surface area contributed by atoms with Gasteiger partial charge in [0, 0.05) is 23.1 Å². The molecule has 6 heteroatoms. The number of benzene rings is 1. The maximum absolute atomic E-state index is 12.3. The molecule has 3 aromatic rings. The molecule has 2 heterocycles. The quantitative estimate of drug-likeness (QED) is 0.679. The monoisotopic (exact) mass is 328 g/mol. The minimum atomic E-state index is -0.325. The average molecular weight is 328 g/mol. The number of fused-ring (bicyclic) bond motifs is 1. The van der Waals surface area contributed by atoms with E-state index in [1.165, 1.54) is 0 Å². The molecule has 3 rings (SSSR count). The van der Waals surface area contributed by atoms with Crippen LogP contribution in [0.25, 0.3) is 11.0 Å². The molecule has 1 aromatic carbocycles. The molecule has 0 fully saturated rings. The summed E-state index contributed by atoms with van der Waals surface area (Å²) < 4.78 is 5.54. The van der Waals surface area contributed by atoms with Gasteiger partial charge in [0.1, 0.15) is 11.4 Å². The molecule has 0 unspecified atom stereocenters. The Labute approximate surface area is 137 Å². The molecule has 0 radical (unpaired) electrons. The number of carbonyl (C=O) groups is 1. The SMILES string of the molecule is O=C(Nc1cc(CSCCO)ccn1)c1cc2ccccc2o1. The topological polar surface area (TPSA) is 75.4 Å². The van der Waals surface area contributed by atoms with Crippen molar-refractivity contribution in [2.45, 2.75) is 5.75 Å². The van der Waals surface area contributed by atoms with E-state index < -0.39 is 0 Å². The number of aliphatic hydroxyl groups is 1. The molecule has 0 atom stereocenters. The fourth-order valence-corrected chi connectivity index (χ4v) is 2.85. The van der Waals surface area contributed by atoms with E-state index in [2.05, 4.69) is 10.3 Å². The predicted octanol–water partition coefficient (Wildman–Crippen LogP) is 3.31. The van der Waals surface area contributed by atoms with Crippen LogP contribution in [0.5, 0.6) is 0 Å². The van der Waals surface area contributed by atoms with Crippen molar-refractivity contribution < 1.29 is 14.3 Å². The predicted molar refractivity (Wildman–Crippen MR) is 91.7 cm³/mol. The second-order valence-electron chi connectivity index (χ2n) is 4.93. The van der Waals surface area contributed by atoms with Crippen molar-refractivity contribution in [2.24, 2.45) is 0 Å². The van der Waals surface area contributed by atoms with Crippen LogP contribution in [0, 0.1) is 0 Å². The molecular formula is C17H16N2O3S. The minimum Gasteiger partial charge on any atom is -0.451 e. The van der Waals surface area contributed by atoms with Crippen molar-refractivity contribution in [2.75, 3.05) is 17.7 Å². The first-order chi connectivity index (χ1) is 11.3. The summed E-state index contributed by atoms with van der Waals surface area (Å²) in [7, 11) is 0. The lowest BCUT2D eigenvalue weighted by molar-refractivity contribution is 0.0998. The lowest BCUT2D eigenvalue weighted by atomic mass is 10.2. The summed E-state index contributed by atoms with van der Waals surface area (Å²) in [6.45, 7) is 0.158. The maximum atomic E-state index is 12.3. The molecule has 0 bridgehead atoms. The molecule has 1 amide bonds. The number of amides is 1. The van der Waals surface area contributed by atoms with Gasteiger partial charge >= 0.3 is 0 Å². The third-order valence-electron chi connectivity index (χ3n) is 3.22. The van der Waals surface area contributed by atoms with Gasteiger partial charge in [0.15, 0.2) is 5.76 Å². The lowest BCUT2D eigenvalue weighted by Crippen LogP contribution is -2.12. The van der Waals surface area contributed by atoms with E-state index in [0.29, 0.717) is 17.2 Å². The number of furan rings is 1. The van der Waals surface area contributed by atoms with Gasteiger partial charge in [-0.3, -0.25) is 4.79 Å². The molecule has 2 N–H and O–H groups in total. The largest absolute Gasteiger partial charge is 0.451 e. The molecular weight excluding hydrogens is 312 g/mol. The highest BCUT2D eigenvalue weighted by Crippen LogP contribution is 2.20. The molecule has 2 aromatic heterocycles. The van der Waals surface area contributed by atoms with Gasteiger partial charge in [0.2, 0.25) is 0 Å². The van der Waals surface area contributed by atoms with Gasteiger partial charge < -0.3 is 14.8 Å². The maximum Gasteiger partial charge on any atom is 0.292 e. The number of nitrogens with one attached hydrogen (secondary N) is 1. The summed E-state index contributed by atoms with van der Waals surface area (Å²) in [5.74, 6) is 1.86. The van der Waals surface area contributed by atoms with Crippen molar-refractivity contribution in [3.63, 3.8) is 0 Å². The Morgan fingerprint density at radius 1 is 1.26 bits per heavy atom. The highest BCUT2D eigenvalue weighted by Gasteiger charge is 2.13. The van der Waals surface area contributed by atoms with Crippen LogP contribution in [-0.2, 0) is 5.75 Å². The number of hydrogen-bond acceptors (Lipinski definition) is 5. The van der Waals surface area contributed by atoms with Gasteiger partial charge in [-0.05, 0) is 29.8 Å². The number of aliphatic hydroxyl groups excluding tert-OH is 1. The Hall–Kier alpha value is -2.31. The van der Waals surface area contributed by atoms with E-state index in [4.69, 9.17) is 9.52 Å². The van der Waals surface area contributed by atoms with E-state index in [1.54, 1.807) is 24.0 Å². The number of thioether (sulfide) groups is 1. The fourth-order valence-electron chi connectivity index (χ4n) is 2.16. The normalized spacial score (nSPS) is 10.8. The molecule has 5 nitrogen and oxygen atoms in total. The minimum absolute atomic E-state index is 0.158. The smallest absolute Gasteiger partial charge is 0.292 e. The van der Waals surface area contributed by atoms with Crippen molar-refractivity contribution in [1.82, 2.24) is 4.98 Å². The van der Waals surface area contributed by atoms with Crippen molar-refractivity contribution in [3.05, 3.63) is 60.0 Å². The second kappa shape index (κ2) is 7.30. The van der Waals surface area contributed by atoms with E-state index in [1.807, 2.05) is 36.4 Å². The Morgan fingerprint density at radius 2 is 2.13 bits per heavy atom. The Balaban J connectivity index is 1.70. The van der Waals surface area contributed by atoms with E-state index in [0.717, 1.165) is 16.7 Å². The number of hydrogen-bond donors (Lipinski definition) is 2. The van der Waals surface area contributed by atoms with E-state index in [-0.39, 0.29) is 18.3 Å². The van der Waals surface area contributed by atoms with Gasteiger partial charge in [-0.1, -0.05) is 18.2 Å². The van der Waals surface area contributed by atoms with Gasteiger partial charge in [-0.25, -0.2) is 4.98 Å². The molecule has 118 valence electrons. The first-order valence-electron chi connectivity index (χ1n) is 7.20. The summed E-state index contributed by atoms with van der Waals surface area (Å²) in [5, 5.41) is 12.4. The number of carbonyl (C=O) groups excluding carboxylic acids is 1. The lowest BCUT2D eigenvalue weighted by Gasteiger charge is -2.05. The number of nitrogens with zero attached hydrogens (tertiary/aromatic N) is 1. The summed E-state index contributed by atoms with van der Waals surface area (Å²) in [6.07, 6.45) is 1.66. The fraction of sp³-hybridized carbons (Fsp3) is 0.176. The van der Waals surface area contributed by atoms with Gasteiger partial charge in [0.25, 0.3) is 5.91 Å². The molecule has 0 aliphatic carbocycles. The van der Waals surface area contributed by atoms with E-state index in [9.17, 15) is 4.79 Å². The Kier molecular flexibility index (Phi) is 4.95. The van der Waals surface area contributed by atoms with E-state index >= 15 is 0 Å². The van der Waals surface area contributed by atoms with Crippen molar-refractivity contribution >= 4 is 34.5 Å². The van der Waals surface area contributed by atoms with Crippen LogP contribution in [0.15, 0.2) is 53.1 Å². The zero-order valence-corrected chi connectivity index (χ0v) is 13.2. The molecule has 0 saturated heterocycles. The average Bonchev–Trinajstić information content (AvgIpc) is 3.00. The Morgan fingerprint density at radius 3 is 2.96 bits per heavy atom. The Bertz CT molecular complexity index is 783. The standard InChI is InChI=1S/C17H16N2O3S/c20-7-8-23-11-12-5-6-18-16(9-12)19-17(21)15-10-13-3-1-2-4-14(13)22-15/h1-6,9-10,20H,7-8,11H2,(H,18,19,21). The zero-order valence-electron chi connectivity index (χ0n) is 12.4. The molecule has 0 saturated carbocycles. The van der Waals surface area contributed by atoms with Gasteiger partial charge in [-0.15, -0.1) is 0 Å². The van der Waals surface area contributed by atoms with Crippen molar-refractivity contribution in [1.29, 1.82) is 0 Å². The molecule has 23 heavy (non-hydrogen) atoms. The number of pyridine rings is 1. The zero-order chi connectivity index (χ0) is 16.1. The van der Waals surface area contributed by atoms with Crippen LogP contribution in [0.1, 0.15) is 16.1 Å². The van der Waals surface area contributed by atoms with Gasteiger partial charge in [0.05, 0.1) is 6.61 Å². The molecule has 0 aliphatic rings. The van der Waals surface area contributed by atoms with Gasteiger partial charge in [-0.2, -0.15) is 11.8 Å². The second-order valence-corrected chi connectivity index (χ2v) is 6.03. The number of aromatic nitrogens is 1. The molecule has 0 aliphatic heterocycles. The van der Waals surface area contributed by atoms with Crippen LogP contribution in [0.3, 0.4) is 0 Å². The summed E-state index contributed by atoms with van der Waals surface area (Å²) in [5.41, 5.74) is 1.72. The number of anilines is 1. The number of rotatable bonds is 6. The molecule has 0 spiro atoms. The van der Waals surface area contributed by atoms with Crippen LogP contribution >= 0.6 is 11.8 Å². The summed E-state index contributed by atoms with van der Waals surface area (Å²) in [6, 6.07) is 12.9. The van der Waals surface area contributed by atoms with Crippen LogP contribution in [0.4, 0.5) is 5.82 Å². The van der Waals surface area contributed by atoms with Crippen molar-refractivity contribution in [3.8, 4) is 0 Å².